The van der Waals surface area contributed by atoms with Gasteiger partial charge < -0.3 is 21.5 Å². The van der Waals surface area contributed by atoms with E-state index in [9.17, 15) is 19.1 Å². The van der Waals surface area contributed by atoms with Crippen molar-refractivity contribution in [3.63, 3.8) is 0 Å². The lowest BCUT2D eigenvalue weighted by Gasteiger charge is -2.65. The molecule has 5 unspecified atom stereocenters. The first-order chi connectivity index (χ1) is 16.0. The Morgan fingerprint density at radius 1 is 1.12 bits per heavy atom. The highest BCUT2D eigenvalue weighted by molar-refractivity contribution is 6.00. The van der Waals surface area contributed by atoms with Gasteiger partial charge in [0, 0.05) is 23.9 Å². The van der Waals surface area contributed by atoms with Crippen LogP contribution in [0.3, 0.4) is 0 Å². The number of alkyl halides is 1. The van der Waals surface area contributed by atoms with Crippen molar-refractivity contribution in [3.8, 4) is 11.3 Å². The maximum Gasteiger partial charge on any atom is 0.315 e. The monoisotopic (exact) mass is 471 g/mol. The zero-order chi connectivity index (χ0) is 24.0. The fraction of sp³-hybridized carbons (Fsp3) is 0.542. The number of carbonyl (C=O) groups excluding carboxylic acids is 2. The summed E-state index contributed by atoms with van der Waals surface area (Å²) in [5, 5.41) is 15.9. The highest BCUT2D eigenvalue weighted by atomic mass is 19.1. The molecule has 1 aromatic carbocycles. The summed E-state index contributed by atoms with van der Waals surface area (Å²) in [5.41, 5.74) is 9.18. The number of hydrogen-bond acceptors (Lipinski definition) is 4. The predicted molar refractivity (Wildman–Crippen MR) is 118 cm³/mol. The van der Waals surface area contributed by atoms with Crippen molar-refractivity contribution in [2.24, 2.45) is 22.8 Å². The van der Waals surface area contributed by atoms with Gasteiger partial charge in [0.1, 0.15) is 17.2 Å². The third kappa shape index (κ3) is 3.00. The third-order valence-corrected chi connectivity index (χ3v) is 8.34. The second-order valence-corrected chi connectivity index (χ2v) is 10.9. The Hall–Kier alpha value is -3.01. The Kier molecular flexibility index (Phi) is 4.29. The molecule has 180 valence electrons. The molecule has 0 radical (unpaired) electrons. The molecule has 5 N–H and O–H groups in total. The van der Waals surface area contributed by atoms with Gasteiger partial charge in [-0.05, 0) is 50.2 Å². The van der Waals surface area contributed by atoms with Crippen molar-refractivity contribution in [2.75, 3.05) is 6.54 Å². The predicted octanol–water partition coefficient (Wildman–Crippen LogP) is 2.65. The number of aliphatic hydroxyl groups is 1. The largest absolute Gasteiger partial charge is 0.390 e. The number of hydrogen-bond donors (Lipinski definition) is 3. The number of halogens is 2. The van der Waals surface area contributed by atoms with E-state index in [1.807, 2.05) is 0 Å². The number of aromatic nitrogens is 2. The summed E-state index contributed by atoms with van der Waals surface area (Å²) in [5.74, 6) is -1.29. The van der Waals surface area contributed by atoms with E-state index in [2.05, 4.69) is 5.10 Å². The number of carbonyl (C=O) groups is 2. The number of fused-ring (bicyclic) bond motifs is 1. The smallest absolute Gasteiger partial charge is 0.315 e. The fourth-order valence-electron chi connectivity index (χ4n) is 7.99. The molecule has 0 spiro atoms. The molecular weight excluding hydrogens is 444 g/mol. The van der Waals surface area contributed by atoms with Gasteiger partial charge in [-0.15, -0.1) is 0 Å². The molecule has 4 aliphatic carbocycles. The van der Waals surface area contributed by atoms with Crippen LogP contribution < -0.4 is 11.5 Å². The van der Waals surface area contributed by atoms with Crippen LogP contribution in [0.2, 0.25) is 0 Å². The Balaban J connectivity index is 1.58. The molecular formula is C24H27F2N5O3. The zero-order valence-corrected chi connectivity index (χ0v) is 18.6. The van der Waals surface area contributed by atoms with E-state index in [1.54, 1.807) is 10.7 Å². The second-order valence-electron chi connectivity index (χ2n) is 10.9. The standard InChI is InChI=1S/C24H27F2N5O3/c25-15-3-1-2-14(6-15)17-16(20(27)32)18-19(30(21(28)33)4-5-31(18)29-17)22-7-13-8-23(26,10-22)12-24(34,9-13)11-22/h1-3,6,13,19,34H,4-5,7-12H2,(H2,27,32)(H2,28,33). The van der Waals surface area contributed by atoms with Crippen LogP contribution in [0.15, 0.2) is 24.3 Å². The average molecular weight is 472 g/mol. The molecule has 2 aromatic rings. The lowest BCUT2D eigenvalue weighted by molar-refractivity contribution is -0.222. The second kappa shape index (κ2) is 6.78. The van der Waals surface area contributed by atoms with Gasteiger partial charge in [0.2, 0.25) is 0 Å². The molecule has 1 aliphatic heterocycles. The number of rotatable bonds is 3. The number of nitrogens with zero attached hydrogens (tertiary/aromatic N) is 3. The van der Waals surface area contributed by atoms with E-state index in [0.29, 0.717) is 36.9 Å². The van der Waals surface area contributed by atoms with Crippen LogP contribution in [0, 0.1) is 17.2 Å². The molecule has 4 bridgehead atoms. The van der Waals surface area contributed by atoms with Crippen molar-refractivity contribution >= 4 is 11.9 Å². The van der Waals surface area contributed by atoms with E-state index in [-0.39, 0.29) is 43.1 Å². The molecule has 5 aliphatic rings. The highest BCUT2D eigenvalue weighted by Gasteiger charge is 2.67. The normalized spacial score (nSPS) is 35.9. The lowest BCUT2D eigenvalue weighted by Crippen LogP contribution is -2.66. The van der Waals surface area contributed by atoms with Crippen LogP contribution in [-0.2, 0) is 6.54 Å². The van der Waals surface area contributed by atoms with Gasteiger partial charge in [0.15, 0.2) is 0 Å². The summed E-state index contributed by atoms with van der Waals surface area (Å²) in [6.07, 6.45) is 2.06. The van der Waals surface area contributed by atoms with Crippen LogP contribution in [-0.4, -0.2) is 49.5 Å². The minimum Gasteiger partial charge on any atom is -0.390 e. The molecule has 1 aromatic heterocycles. The number of amides is 3. The van der Waals surface area contributed by atoms with Crippen LogP contribution in [0.4, 0.5) is 13.6 Å². The van der Waals surface area contributed by atoms with Crippen LogP contribution in [0.5, 0.6) is 0 Å². The van der Waals surface area contributed by atoms with Gasteiger partial charge in [0.25, 0.3) is 5.91 Å². The van der Waals surface area contributed by atoms with Crippen LogP contribution in [0.1, 0.15) is 60.6 Å². The number of nitrogens with two attached hydrogens (primary N) is 2. The maximum absolute atomic E-state index is 16.0. The fourth-order valence-corrected chi connectivity index (χ4v) is 7.99. The first kappa shape index (κ1) is 21.5. The minimum atomic E-state index is -1.54. The van der Waals surface area contributed by atoms with E-state index in [1.165, 1.54) is 23.1 Å². The van der Waals surface area contributed by atoms with Crippen LogP contribution >= 0.6 is 0 Å². The third-order valence-electron chi connectivity index (χ3n) is 8.34. The van der Waals surface area contributed by atoms with Crippen molar-refractivity contribution in [1.29, 1.82) is 0 Å². The molecule has 8 nitrogen and oxygen atoms in total. The first-order valence-electron chi connectivity index (χ1n) is 11.7. The van der Waals surface area contributed by atoms with Gasteiger partial charge >= 0.3 is 6.03 Å². The summed E-state index contributed by atoms with van der Waals surface area (Å²) < 4.78 is 31.6. The Morgan fingerprint density at radius 2 is 1.91 bits per heavy atom. The minimum absolute atomic E-state index is 0.0287. The van der Waals surface area contributed by atoms with Gasteiger partial charge in [-0.1, -0.05) is 12.1 Å². The van der Waals surface area contributed by atoms with E-state index in [4.69, 9.17) is 11.5 Å². The number of primary amides is 2. The zero-order valence-electron chi connectivity index (χ0n) is 18.6. The van der Waals surface area contributed by atoms with Crippen molar-refractivity contribution < 1.29 is 23.5 Å². The highest BCUT2D eigenvalue weighted by Crippen LogP contribution is 2.69. The summed E-state index contributed by atoms with van der Waals surface area (Å²) in [6, 6.07) is 4.25. The molecule has 7 rings (SSSR count). The Bertz CT molecular complexity index is 1210. The average Bonchev–Trinajstić information content (AvgIpc) is 3.10. The summed E-state index contributed by atoms with van der Waals surface area (Å²) in [7, 11) is 0. The Labute approximate surface area is 194 Å². The molecule has 2 heterocycles. The van der Waals surface area contributed by atoms with Gasteiger partial charge in [0.05, 0.1) is 29.4 Å². The molecule has 4 saturated carbocycles. The lowest BCUT2D eigenvalue weighted by atomic mass is 9.44. The van der Waals surface area contributed by atoms with Gasteiger partial charge in [-0.3, -0.25) is 9.48 Å². The number of urea groups is 1. The van der Waals surface area contributed by atoms with Crippen molar-refractivity contribution in [2.45, 2.75) is 62.4 Å². The summed E-state index contributed by atoms with van der Waals surface area (Å²) >= 11 is 0. The molecule has 4 fully saturated rings. The van der Waals surface area contributed by atoms with E-state index in [0.717, 1.165) is 0 Å². The van der Waals surface area contributed by atoms with E-state index >= 15 is 4.39 Å². The topological polar surface area (TPSA) is 127 Å². The van der Waals surface area contributed by atoms with Crippen molar-refractivity contribution in [3.05, 3.63) is 41.3 Å². The molecule has 0 saturated heterocycles. The van der Waals surface area contributed by atoms with E-state index < -0.39 is 40.5 Å². The van der Waals surface area contributed by atoms with Gasteiger partial charge in [-0.2, -0.15) is 5.10 Å². The number of benzene rings is 1. The molecule has 10 heteroatoms. The summed E-state index contributed by atoms with van der Waals surface area (Å²) in [6.45, 7) is 0.481. The van der Waals surface area contributed by atoms with Crippen LogP contribution in [0.25, 0.3) is 11.3 Å². The Morgan fingerprint density at radius 3 is 2.56 bits per heavy atom. The van der Waals surface area contributed by atoms with Gasteiger partial charge in [-0.25, -0.2) is 13.6 Å². The SMILES string of the molecule is NC(=O)c1c(-c2cccc(F)c2)nn2c1C(C13CC4CC(O)(CC(F)(C4)C1)C3)N(C(N)=O)CC2. The quantitative estimate of drug-likeness (QED) is 0.636. The first-order valence-corrected chi connectivity index (χ1v) is 11.7. The maximum atomic E-state index is 16.0. The van der Waals surface area contributed by atoms with Crippen molar-refractivity contribution in [1.82, 2.24) is 14.7 Å². The summed E-state index contributed by atoms with van der Waals surface area (Å²) in [4.78, 5) is 26.9. The molecule has 34 heavy (non-hydrogen) atoms. The molecule has 3 amide bonds. The molecule has 5 atom stereocenters.